The van der Waals surface area contributed by atoms with Crippen LogP contribution in [-0.2, 0) is 36.8 Å². The molecule has 0 saturated heterocycles. The van der Waals surface area contributed by atoms with Gasteiger partial charge in [0.25, 0.3) is 11.1 Å². The minimum Gasteiger partial charge on any atom is -0.379 e. The van der Waals surface area contributed by atoms with Gasteiger partial charge in [0.15, 0.2) is 0 Å². The molecule has 0 amide bonds. The van der Waals surface area contributed by atoms with Gasteiger partial charge in [-0.2, -0.15) is 0 Å². The molecule has 0 spiro atoms. The number of aryl methyl sites for hydroxylation is 2. The van der Waals surface area contributed by atoms with Crippen LogP contribution < -0.4 is 11.1 Å². The van der Waals surface area contributed by atoms with Crippen LogP contribution in [0, 0.1) is 0 Å². The molecule has 370 valence electrons. The van der Waals surface area contributed by atoms with Crippen LogP contribution in [-0.4, -0.2) is 94.0 Å². The van der Waals surface area contributed by atoms with Crippen LogP contribution in [0.4, 0.5) is 0 Å². The third-order valence-corrected chi connectivity index (χ3v) is 13.5. The molecular formula is C60H58N6O7. The number of rotatable bonds is 2. The van der Waals surface area contributed by atoms with E-state index in [1.165, 1.54) is 0 Å². The molecule has 0 fully saturated rings. The average Bonchev–Trinajstić information content (AvgIpc) is 3.95. The van der Waals surface area contributed by atoms with Crippen molar-refractivity contribution < 1.29 is 23.7 Å². The molecule has 0 saturated carbocycles. The van der Waals surface area contributed by atoms with E-state index in [0.29, 0.717) is 137 Å². The van der Waals surface area contributed by atoms with E-state index in [1.807, 2.05) is 131 Å². The predicted octanol–water partition coefficient (Wildman–Crippen LogP) is 10.6. The summed E-state index contributed by atoms with van der Waals surface area (Å²) in [4.78, 5) is 42.2. The molecule has 0 aliphatic carbocycles. The summed E-state index contributed by atoms with van der Waals surface area (Å²) < 4.78 is 37.2. The molecule has 10 aromatic rings. The smallest absolute Gasteiger partial charge is 0.277 e. The Morgan fingerprint density at radius 1 is 0.342 bits per heavy atom. The van der Waals surface area contributed by atoms with Crippen LogP contribution in [0.3, 0.4) is 0 Å². The fourth-order valence-electron chi connectivity index (χ4n) is 10.2. The summed E-state index contributed by atoms with van der Waals surface area (Å²) in [5.41, 5.74) is 11.1. The highest BCUT2D eigenvalue weighted by atomic mass is 16.6. The number of pyridine rings is 2. The van der Waals surface area contributed by atoms with E-state index in [-0.39, 0.29) is 11.1 Å². The Kier molecular flexibility index (Phi) is 14.7. The van der Waals surface area contributed by atoms with Crippen molar-refractivity contribution in [3.63, 3.8) is 0 Å². The molecule has 13 heteroatoms. The SMILES string of the molecule is O=c1c2nc3ccccc3n1CCCCOCCOCCOCCOCCOCCCCn1c(=O)c(nc3ccccc31)-c1c(-c3ccccc3)c3ccccn3c1-c1c-2c(-c2ccccc2)c2ccccn12. The zero-order valence-electron chi connectivity index (χ0n) is 40.9. The average molecular weight is 975 g/mol. The Bertz CT molecular complexity index is 3400. The maximum Gasteiger partial charge on any atom is 0.277 e. The van der Waals surface area contributed by atoms with E-state index in [9.17, 15) is 0 Å². The number of benzene rings is 4. The van der Waals surface area contributed by atoms with E-state index < -0.39 is 0 Å². The lowest BCUT2D eigenvalue weighted by atomic mass is 9.94. The molecule has 1 aliphatic rings. The lowest BCUT2D eigenvalue weighted by Gasteiger charge is -2.16. The normalized spacial score (nSPS) is 15.5. The molecule has 4 bridgehead atoms. The van der Waals surface area contributed by atoms with Crippen LogP contribution in [0.2, 0.25) is 0 Å². The van der Waals surface area contributed by atoms with Crippen LogP contribution in [0.15, 0.2) is 168 Å². The monoisotopic (exact) mass is 974 g/mol. The first-order valence-electron chi connectivity index (χ1n) is 25.4. The van der Waals surface area contributed by atoms with Gasteiger partial charge in [-0.15, -0.1) is 0 Å². The molecule has 73 heavy (non-hydrogen) atoms. The summed E-state index contributed by atoms with van der Waals surface area (Å²) in [5, 5.41) is 0. The summed E-state index contributed by atoms with van der Waals surface area (Å²) in [5.74, 6) is 0. The van der Waals surface area contributed by atoms with Gasteiger partial charge < -0.3 is 41.6 Å². The number of nitrogens with zero attached hydrogens (tertiary/aromatic N) is 6. The maximum atomic E-state index is 15.8. The van der Waals surface area contributed by atoms with E-state index >= 15 is 9.59 Å². The van der Waals surface area contributed by atoms with Gasteiger partial charge in [-0.05, 0) is 85.3 Å². The molecule has 11 rings (SSSR count). The van der Waals surface area contributed by atoms with Crippen molar-refractivity contribution in [2.75, 3.05) is 66.1 Å². The standard InChI is InChI=1S/C60H58N6O7/c67-59-55-53-51(43-19-3-1-4-20-43)49-27-11-13-29-63(49)57(53)58-54(52(44-21-5-2-6-22-44)50-28-12-14-30-64(50)58)56-60(68)66(48-26-10-8-24-46(48)62-56)32-16-18-34-70-36-38-72-40-42-73-41-39-71-37-35-69-33-17-15-31-65(59)47-25-9-7-23-45(47)61-55/h1-14,19-30H,15-18,31-42H2. The first-order chi connectivity index (χ1) is 36.2. The van der Waals surface area contributed by atoms with E-state index in [1.54, 1.807) is 0 Å². The van der Waals surface area contributed by atoms with Crippen LogP contribution in [0.5, 0.6) is 0 Å². The topological polar surface area (TPSA) is 125 Å². The summed E-state index contributed by atoms with van der Waals surface area (Å²) >= 11 is 0. The quantitative estimate of drug-likeness (QED) is 0.166. The van der Waals surface area contributed by atoms with Gasteiger partial charge in [0.2, 0.25) is 0 Å². The van der Waals surface area contributed by atoms with Crippen LogP contribution in [0.25, 0.3) is 89.3 Å². The molecule has 0 atom stereocenters. The van der Waals surface area contributed by atoms with Gasteiger partial charge >= 0.3 is 0 Å². The molecule has 0 unspecified atom stereocenters. The fourth-order valence-corrected chi connectivity index (χ4v) is 10.2. The highest BCUT2D eigenvalue weighted by molar-refractivity contribution is 6.09. The van der Waals surface area contributed by atoms with Gasteiger partial charge in [-0.25, -0.2) is 9.97 Å². The maximum absolute atomic E-state index is 15.8. The van der Waals surface area contributed by atoms with Gasteiger partial charge in [0.05, 0.1) is 97.3 Å². The Morgan fingerprint density at radius 2 is 0.685 bits per heavy atom. The summed E-state index contributed by atoms with van der Waals surface area (Å²) in [7, 11) is 0. The number of ether oxygens (including phenoxy) is 5. The van der Waals surface area contributed by atoms with Gasteiger partial charge in [-0.3, -0.25) is 9.59 Å². The van der Waals surface area contributed by atoms with Crippen molar-refractivity contribution in [1.29, 1.82) is 0 Å². The minimum atomic E-state index is -0.215. The molecule has 0 radical (unpaired) electrons. The van der Waals surface area contributed by atoms with Gasteiger partial charge in [-0.1, -0.05) is 97.1 Å². The first-order valence-corrected chi connectivity index (χ1v) is 25.4. The van der Waals surface area contributed by atoms with Crippen molar-refractivity contribution in [3.05, 3.63) is 179 Å². The number of aromatic nitrogens is 6. The minimum absolute atomic E-state index is 0.215. The molecule has 4 aromatic carbocycles. The van der Waals surface area contributed by atoms with Gasteiger partial charge in [0.1, 0.15) is 11.4 Å². The zero-order valence-corrected chi connectivity index (χ0v) is 40.9. The lowest BCUT2D eigenvalue weighted by molar-refractivity contribution is -0.0114. The fraction of sp³-hybridized carbons (Fsp3) is 0.267. The summed E-state index contributed by atoms with van der Waals surface area (Å²) in [6, 6.07) is 48.4. The van der Waals surface area contributed by atoms with Crippen molar-refractivity contribution in [3.8, 4) is 56.2 Å². The van der Waals surface area contributed by atoms with Gasteiger partial charge in [0, 0.05) is 61.0 Å². The summed E-state index contributed by atoms with van der Waals surface area (Å²) in [6.45, 7) is 5.68. The first kappa shape index (κ1) is 47.8. The second kappa shape index (κ2) is 22.5. The molecule has 7 heterocycles. The van der Waals surface area contributed by atoms with Crippen molar-refractivity contribution >= 4 is 33.1 Å². The van der Waals surface area contributed by atoms with E-state index in [2.05, 4.69) is 45.2 Å². The van der Waals surface area contributed by atoms with E-state index in [4.69, 9.17) is 33.7 Å². The van der Waals surface area contributed by atoms with Crippen LogP contribution >= 0.6 is 0 Å². The molecule has 0 N–H and O–H groups in total. The molecule has 1 aliphatic heterocycles. The Balaban J connectivity index is 1.18. The molecule has 13 nitrogen and oxygen atoms in total. The van der Waals surface area contributed by atoms with Crippen molar-refractivity contribution in [1.82, 2.24) is 27.9 Å². The molecule has 6 aromatic heterocycles. The van der Waals surface area contributed by atoms with E-state index in [0.717, 1.165) is 57.2 Å². The largest absolute Gasteiger partial charge is 0.379 e. The van der Waals surface area contributed by atoms with Crippen molar-refractivity contribution in [2.24, 2.45) is 0 Å². The summed E-state index contributed by atoms with van der Waals surface area (Å²) in [6.07, 6.45) is 6.95. The number of hydrogen-bond acceptors (Lipinski definition) is 9. The number of fused-ring (bicyclic) bond motifs is 17. The zero-order chi connectivity index (χ0) is 49.3. The Labute approximate surface area is 422 Å². The Hall–Kier alpha value is -7.52. The highest BCUT2D eigenvalue weighted by Crippen LogP contribution is 2.50. The number of para-hydroxylation sites is 4. The second-order valence-corrected chi connectivity index (χ2v) is 18.1. The predicted molar refractivity (Wildman–Crippen MR) is 287 cm³/mol. The van der Waals surface area contributed by atoms with Crippen molar-refractivity contribution in [2.45, 2.75) is 38.8 Å². The second-order valence-electron chi connectivity index (χ2n) is 18.1. The Morgan fingerprint density at radius 3 is 1.10 bits per heavy atom. The lowest BCUT2D eigenvalue weighted by Crippen LogP contribution is -2.25. The third-order valence-electron chi connectivity index (χ3n) is 13.5. The molecular weight excluding hydrogens is 917 g/mol. The third kappa shape index (κ3) is 9.77. The number of hydrogen-bond donors (Lipinski definition) is 0. The highest BCUT2D eigenvalue weighted by Gasteiger charge is 2.33. The van der Waals surface area contributed by atoms with Crippen LogP contribution in [0.1, 0.15) is 25.7 Å².